The molecular formula is C15H18N2O4. The number of benzene rings is 1. The van der Waals surface area contributed by atoms with E-state index in [4.69, 9.17) is 0 Å². The zero-order valence-electron chi connectivity index (χ0n) is 12.2. The van der Waals surface area contributed by atoms with Crippen molar-refractivity contribution in [2.45, 2.75) is 26.0 Å². The highest BCUT2D eigenvalue weighted by Crippen LogP contribution is 2.16. The van der Waals surface area contributed by atoms with Gasteiger partial charge in [-0.1, -0.05) is 12.1 Å². The third kappa shape index (κ3) is 2.90. The first-order valence-corrected chi connectivity index (χ1v) is 6.61. The lowest BCUT2D eigenvalue weighted by atomic mass is 10.1. The maximum atomic E-state index is 12.2. The fourth-order valence-electron chi connectivity index (χ4n) is 2.04. The number of methoxy groups -OCH3 is 1. The van der Waals surface area contributed by atoms with E-state index in [0.717, 1.165) is 0 Å². The molecule has 0 spiro atoms. The van der Waals surface area contributed by atoms with Crippen molar-refractivity contribution in [2.75, 3.05) is 7.11 Å². The van der Waals surface area contributed by atoms with Crippen LogP contribution in [0.25, 0.3) is 5.69 Å². The molecule has 0 saturated carbocycles. The Balaban J connectivity index is 2.32. The maximum Gasteiger partial charge on any atom is 0.339 e. The van der Waals surface area contributed by atoms with Gasteiger partial charge in [-0.15, -0.1) is 0 Å². The molecule has 2 rings (SSSR count). The number of hydrogen-bond acceptors (Lipinski definition) is 4. The average Bonchev–Trinajstić information content (AvgIpc) is 2.87. The molecule has 1 atom stereocenters. The molecule has 1 aromatic heterocycles. The van der Waals surface area contributed by atoms with Gasteiger partial charge in [-0.2, -0.15) is 0 Å². The molecule has 0 bridgehead atoms. The molecule has 6 nitrogen and oxygen atoms in total. The molecule has 21 heavy (non-hydrogen) atoms. The largest absolute Gasteiger partial charge is 0.467 e. The van der Waals surface area contributed by atoms with Crippen LogP contribution in [-0.4, -0.2) is 27.3 Å². The molecule has 2 aromatic rings. The van der Waals surface area contributed by atoms with Gasteiger partial charge < -0.3 is 9.84 Å². The summed E-state index contributed by atoms with van der Waals surface area (Å²) in [5.41, 5.74) is 0.952. The number of imidazole rings is 1. The minimum atomic E-state index is -1.32. The number of hydrogen-bond donors (Lipinski definition) is 1. The third-order valence-corrected chi connectivity index (χ3v) is 3.27. The van der Waals surface area contributed by atoms with Gasteiger partial charge in [0.05, 0.1) is 12.8 Å². The number of carbonyl (C=O) groups excluding carboxylic acids is 1. The van der Waals surface area contributed by atoms with Crippen LogP contribution < -0.4 is 5.69 Å². The molecule has 1 heterocycles. The SMILES string of the molecule is COC(=O)C(O)c1ccc(-n2ccn(C(C)C)c2=O)cc1. The first kappa shape index (κ1) is 15.1. The number of esters is 1. The number of ether oxygens (including phenoxy) is 1. The summed E-state index contributed by atoms with van der Waals surface area (Å²) in [4.78, 5) is 23.5. The average molecular weight is 290 g/mol. The number of aliphatic hydroxyl groups is 1. The van der Waals surface area contributed by atoms with E-state index < -0.39 is 12.1 Å². The number of aromatic nitrogens is 2. The molecule has 1 unspecified atom stereocenters. The molecule has 0 amide bonds. The van der Waals surface area contributed by atoms with Gasteiger partial charge in [0.15, 0.2) is 6.10 Å². The minimum absolute atomic E-state index is 0.0826. The first-order valence-electron chi connectivity index (χ1n) is 6.61. The van der Waals surface area contributed by atoms with Crippen molar-refractivity contribution in [1.82, 2.24) is 9.13 Å². The van der Waals surface area contributed by atoms with Gasteiger partial charge in [0.1, 0.15) is 0 Å². The highest BCUT2D eigenvalue weighted by molar-refractivity contribution is 5.76. The molecule has 0 radical (unpaired) electrons. The molecule has 0 fully saturated rings. The Morgan fingerprint density at radius 1 is 1.19 bits per heavy atom. The van der Waals surface area contributed by atoms with Gasteiger partial charge in [0.25, 0.3) is 0 Å². The van der Waals surface area contributed by atoms with E-state index in [-0.39, 0.29) is 11.7 Å². The minimum Gasteiger partial charge on any atom is -0.467 e. The van der Waals surface area contributed by atoms with Gasteiger partial charge in [-0.3, -0.25) is 9.13 Å². The van der Waals surface area contributed by atoms with Gasteiger partial charge in [-0.25, -0.2) is 9.59 Å². The summed E-state index contributed by atoms with van der Waals surface area (Å²) in [7, 11) is 1.22. The van der Waals surface area contributed by atoms with Gasteiger partial charge >= 0.3 is 11.7 Å². The summed E-state index contributed by atoms with van der Waals surface area (Å²) in [6.45, 7) is 3.86. The van der Waals surface area contributed by atoms with Crippen molar-refractivity contribution in [3.05, 3.63) is 52.7 Å². The van der Waals surface area contributed by atoms with Crippen molar-refractivity contribution in [2.24, 2.45) is 0 Å². The zero-order chi connectivity index (χ0) is 15.6. The maximum absolute atomic E-state index is 12.2. The Morgan fingerprint density at radius 2 is 1.81 bits per heavy atom. The molecule has 6 heteroatoms. The fraction of sp³-hybridized carbons (Fsp3) is 0.333. The van der Waals surface area contributed by atoms with Crippen LogP contribution in [0.3, 0.4) is 0 Å². The number of aliphatic hydroxyl groups excluding tert-OH is 1. The number of carbonyl (C=O) groups is 1. The van der Waals surface area contributed by atoms with Crippen LogP contribution in [0.4, 0.5) is 0 Å². The quantitative estimate of drug-likeness (QED) is 0.864. The Morgan fingerprint density at radius 3 is 2.29 bits per heavy atom. The molecule has 112 valence electrons. The summed E-state index contributed by atoms with van der Waals surface area (Å²) in [6.07, 6.45) is 2.10. The summed E-state index contributed by atoms with van der Waals surface area (Å²) >= 11 is 0. The Kier molecular flexibility index (Phi) is 4.28. The highest BCUT2D eigenvalue weighted by Gasteiger charge is 2.17. The summed E-state index contributed by atoms with van der Waals surface area (Å²) < 4.78 is 7.61. The predicted octanol–water partition coefficient (Wildman–Crippen LogP) is 1.43. The summed E-state index contributed by atoms with van der Waals surface area (Å²) in [6, 6.07) is 6.62. The van der Waals surface area contributed by atoms with E-state index in [9.17, 15) is 14.7 Å². The van der Waals surface area contributed by atoms with Crippen molar-refractivity contribution >= 4 is 5.97 Å². The van der Waals surface area contributed by atoms with Crippen LogP contribution in [-0.2, 0) is 9.53 Å². The fourth-order valence-corrected chi connectivity index (χ4v) is 2.04. The van der Waals surface area contributed by atoms with Gasteiger partial charge in [0, 0.05) is 18.4 Å². The lowest BCUT2D eigenvalue weighted by Gasteiger charge is -2.09. The second-order valence-electron chi connectivity index (χ2n) is 4.97. The highest BCUT2D eigenvalue weighted by atomic mass is 16.5. The standard InChI is InChI=1S/C15H18N2O4/c1-10(2)16-8-9-17(15(16)20)12-6-4-11(5-7-12)13(18)14(19)21-3/h4-10,13,18H,1-3H3. The first-order chi connectivity index (χ1) is 9.95. The Labute approximate surface area is 122 Å². The van der Waals surface area contributed by atoms with Crippen molar-refractivity contribution in [3.8, 4) is 5.69 Å². The van der Waals surface area contributed by atoms with Crippen molar-refractivity contribution in [3.63, 3.8) is 0 Å². The monoisotopic (exact) mass is 290 g/mol. The lowest BCUT2D eigenvalue weighted by Crippen LogP contribution is -2.24. The molecular weight excluding hydrogens is 272 g/mol. The van der Waals surface area contributed by atoms with Crippen molar-refractivity contribution in [1.29, 1.82) is 0 Å². The predicted molar refractivity (Wildman–Crippen MR) is 77.4 cm³/mol. The second-order valence-corrected chi connectivity index (χ2v) is 4.97. The van der Waals surface area contributed by atoms with E-state index >= 15 is 0 Å². The Hall–Kier alpha value is -2.34. The van der Waals surface area contributed by atoms with E-state index in [1.54, 1.807) is 41.2 Å². The van der Waals surface area contributed by atoms with Crippen LogP contribution in [0.15, 0.2) is 41.5 Å². The topological polar surface area (TPSA) is 73.5 Å². The molecule has 0 saturated heterocycles. The van der Waals surface area contributed by atoms with E-state index in [0.29, 0.717) is 11.3 Å². The number of nitrogens with zero attached hydrogens (tertiary/aromatic N) is 2. The summed E-state index contributed by atoms with van der Waals surface area (Å²) in [5, 5.41) is 9.73. The third-order valence-electron chi connectivity index (χ3n) is 3.27. The Bertz CT molecular complexity index is 682. The lowest BCUT2D eigenvalue weighted by molar-refractivity contribution is -0.150. The molecule has 0 aliphatic heterocycles. The molecule has 0 aliphatic rings. The second kappa shape index (κ2) is 5.97. The van der Waals surface area contributed by atoms with Crippen molar-refractivity contribution < 1.29 is 14.6 Å². The smallest absolute Gasteiger partial charge is 0.339 e. The van der Waals surface area contributed by atoms with Crippen LogP contribution in [0.5, 0.6) is 0 Å². The van der Waals surface area contributed by atoms with E-state index in [1.165, 1.54) is 11.7 Å². The van der Waals surface area contributed by atoms with Gasteiger partial charge in [-0.05, 0) is 31.5 Å². The molecule has 1 aromatic carbocycles. The zero-order valence-corrected chi connectivity index (χ0v) is 12.2. The van der Waals surface area contributed by atoms with Crippen LogP contribution in [0.1, 0.15) is 31.6 Å². The van der Waals surface area contributed by atoms with Crippen LogP contribution in [0.2, 0.25) is 0 Å². The molecule has 0 aliphatic carbocycles. The van der Waals surface area contributed by atoms with Crippen LogP contribution in [0, 0.1) is 0 Å². The normalized spacial score (nSPS) is 12.4. The number of rotatable bonds is 4. The van der Waals surface area contributed by atoms with E-state index in [2.05, 4.69) is 4.74 Å². The summed E-state index contributed by atoms with van der Waals surface area (Å²) in [5.74, 6) is -0.717. The molecule has 1 N–H and O–H groups in total. The van der Waals surface area contributed by atoms with Crippen LogP contribution >= 0.6 is 0 Å². The van der Waals surface area contributed by atoms with E-state index in [1.807, 2.05) is 13.8 Å². The van der Waals surface area contributed by atoms with Gasteiger partial charge in [0.2, 0.25) is 0 Å².